The molecule has 0 radical (unpaired) electrons. The van der Waals surface area contributed by atoms with Crippen LogP contribution in [0.15, 0.2) is 28.7 Å². The molecule has 1 saturated heterocycles. The Morgan fingerprint density at radius 1 is 1.27 bits per heavy atom. The fourth-order valence-corrected chi connectivity index (χ4v) is 3.12. The Labute approximate surface area is 158 Å². The maximum Gasteiger partial charge on any atom is 0.251 e. The molecule has 1 aromatic heterocycles. The summed E-state index contributed by atoms with van der Waals surface area (Å²) in [6.07, 6.45) is 0.913. The molecular formula is C16H19BrN6O3. The van der Waals surface area contributed by atoms with Crippen LogP contribution in [-0.4, -0.2) is 62.1 Å². The Morgan fingerprint density at radius 3 is 2.58 bits per heavy atom. The molecule has 1 aliphatic heterocycles. The van der Waals surface area contributed by atoms with Gasteiger partial charge in [0.05, 0.1) is 0 Å². The van der Waals surface area contributed by atoms with Gasteiger partial charge in [-0.3, -0.25) is 9.59 Å². The van der Waals surface area contributed by atoms with Crippen LogP contribution in [0.2, 0.25) is 0 Å². The van der Waals surface area contributed by atoms with E-state index in [0.717, 1.165) is 4.47 Å². The number of hydrogen-bond donors (Lipinski definition) is 3. The Balaban J connectivity index is 1.43. The van der Waals surface area contributed by atoms with Crippen LogP contribution in [-0.2, 0) is 10.4 Å². The van der Waals surface area contributed by atoms with Crippen molar-refractivity contribution < 1.29 is 14.7 Å². The quantitative estimate of drug-likeness (QED) is 0.647. The summed E-state index contributed by atoms with van der Waals surface area (Å²) in [6.45, 7) is 1.08. The Kier molecular flexibility index (Phi) is 5.62. The van der Waals surface area contributed by atoms with Gasteiger partial charge in [0.1, 0.15) is 5.60 Å². The molecular weight excluding hydrogens is 404 g/mol. The van der Waals surface area contributed by atoms with E-state index >= 15 is 0 Å². The molecule has 1 aliphatic rings. The first kappa shape index (κ1) is 18.5. The lowest BCUT2D eigenvalue weighted by molar-refractivity contribution is -0.135. The SMILES string of the molecule is O=C(NCCC(=O)N1CCC(O)(c2nn[nH]n2)CC1)c1ccc(Br)cc1. The van der Waals surface area contributed by atoms with Gasteiger partial charge in [0.15, 0.2) is 0 Å². The average Bonchev–Trinajstić information content (AvgIpc) is 3.18. The molecule has 9 nitrogen and oxygen atoms in total. The molecule has 10 heteroatoms. The number of halogens is 1. The number of H-pyrrole nitrogens is 1. The molecule has 2 heterocycles. The minimum Gasteiger partial charge on any atom is -0.382 e. The van der Waals surface area contributed by atoms with Crippen LogP contribution in [0.5, 0.6) is 0 Å². The number of likely N-dealkylation sites (tertiary alicyclic amines) is 1. The molecule has 3 N–H and O–H groups in total. The van der Waals surface area contributed by atoms with Crippen LogP contribution >= 0.6 is 15.9 Å². The largest absolute Gasteiger partial charge is 0.382 e. The van der Waals surface area contributed by atoms with Crippen molar-refractivity contribution in [3.63, 3.8) is 0 Å². The van der Waals surface area contributed by atoms with E-state index in [1.54, 1.807) is 29.2 Å². The summed E-state index contributed by atoms with van der Waals surface area (Å²) < 4.78 is 0.898. The highest BCUT2D eigenvalue weighted by atomic mass is 79.9. The first-order valence-corrected chi connectivity index (χ1v) is 9.05. The zero-order valence-corrected chi connectivity index (χ0v) is 15.6. The normalized spacial score (nSPS) is 16.3. The van der Waals surface area contributed by atoms with Crippen LogP contribution < -0.4 is 5.32 Å². The van der Waals surface area contributed by atoms with E-state index in [4.69, 9.17) is 0 Å². The van der Waals surface area contributed by atoms with Gasteiger partial charge in [-0.15, -0.1) is 10.2 Å². The van der Waals surface area contributed by atoms with Crippen LogP contribution in [0.3, 0.4) is 0 Å². The monoisotopic (exact) mass is 422 g/mol. The predicted octanol–water partition coefficient (Wildman–Crippen LogP) is 0.592. The second-order valence-corrected chi connectivity index (χ2v) is 7.08. The van der Waals surface area contributed by atoms with Gasteiger partial charge in [-0.1, -0.05) is 21.1 Å². The Bertz CT molecular complexity index is 757. The van der Waals surface area contributed by atoms with Gasteiger partial charge in [0, 0.05) is 48.9 Å². The molecule has 2 aromatic rings. The van der Waals surface area contributed by atoms with Gasteiger partial charge in [-0.2, -0.15) is 5.21 Å². The summed E-state index contributed by atoms with van der Waals surface area (Å²) in [5, 5.41) is 26.7. The second-order valence-electron chi connectivity index (χ2n) is 6.16. The Hall–Kier alpha value is -2.33. The number of aliphatic hydroxyl groups is 1. The zero-order valence-electron chi connectivity index (χ0n) is 14.0. The van der Waals surface area contributed by atoms with Crippen molar-refractivity contribution in [2.75, 3.05) is 19.6 Å². The van der Waals surface area contributed by atoms with Crippen molar-refractivity contribution >= 4 is 27.7 Å². The van der Waals surface area contributed by atoms with Crippen molar-refractivity contribution in [2.24, 2.45) is 0 Å². The maximum absolute atomic E-state index is 12.3. The molecule has 3 rings (SSSR count). The number of carbonyl (C=O) groups excluding carboxylic acids is 2. The van der Waals surface area contributed by atoms with Gasteiger partial charge in [0.25, 0.3) is 5.91 Å². The third kappa shape index (κ3) is 4.25. The molecule has 1 fully saturated rings. The molecule has 26 heavy (non-hydrogen) atoms. The van der Waals surface area contributed by atoms with E-state index in [0.29, 0.717) is 31.5 Å². The number of amides is 2. The average molecular weight is 423 g/mol. The molecule has 1 aromatic carbocycles. The number of nitrogens with zero attached hydrogens (tertiary/aromatic N) is 4. The minimum absolute atomic E-state index is 0.0590. The number of nitrogens with one attached hydrogen (secondary N) is 2. The summed E-state index contributed by atoms with van der Waals surface area (Å²) in [5.41, 5.74) is -0.608. The highest BCUT2D eigenvalue weighted by Gasteiger charge is 2.38. The standard InChI is InChI=1S/C16H19BrN6O3/c17-12-3-1-11(2-4-12)14(25)18-8-5-13(24)23-9-6-16(26,7-10-23)15-19-21-22-20-15/h1-4,26H,5-10H2,(H,18,25)(H,19,20,21,22). The smallest absolute Gasteiger partial charge is 0.251 e. The lowest BCUT2D eigenvalue weighted by atomic mass is 9.90. The number of tetrazole rings is 1. The Morgan fingerprint density at radius 2 is 1.96 bits per heavy atom. The lowest BCUT2D eigenvalue weighted by Crippen LogP contribution is -2.46. The highest BCUT2D eigenvalue weighted by molar-refractivity contribution is 9.10. The van der Waals surface area contributed by atoms with Crippen molar-refractivity contribution in [1.29, 1.82) is 0 Å². The summed E-state index contributed by atoms with van der Waals surface area (Å²) in [6, 6.07) is 7.01. The number of carbonyl (C=O) groups is 2. The molecule has 138 valence electrons. The van der Waals surface area contributed by atoms with Crippen molar-refractivity contribution in [3.8, 4) is 0 Å². The lowest BCUT2D eigenvalue weighted by Gasteiger charge is -2.36. The van der Waals surface area contributed by atoms with Gasteiger partial charge in [0.2, 0.25) is 11.7 Å². The van der Waals surface area contributed by atoms with Crippen molar-refractivity contribution in [1.82, 2.24) is 30.8 Å². The molecule has 0 spiro atoms. The number of hydrogen-bond acceptors (Lipinski definition) is 6. The topological polar surface area (TPSA) is 124 Å². The first-order chi connectivity index (χ1) is 12.5. The fraction of sp³-hybridized carbons (Fsp3) is 0.438. The van der Waals surface area contributed by atoms with Crippen molar-refractivity contribution in [2.45, 2.75) is 24.9 Å². The van der Waals surface area contributed by atoms with E-state index < -0.39 is 5.60 Å². The molecule has 2 amide bonds. The van der Waals surface area contributed by atoms with Gasteiger partial charge in [-0.05, 0) is 24.3 Å². The molecule has 0 unspecified atom stereocenters. The summed E-state index contributed by atoms with van der Waals surface area (Å²) >= 11 is 3.32. The van der Waals surface area contributed by atoms with Crippen molar-refractivity contribution in [3.05, 3.63) is 40.1 Å². The first-order valence-electron chi connectivity index (χ1n) is 8.26. The molecule has 0 saturated carbocycles. The van der Waals surface area contributed by atoms with E-state index in [9.17, 15) is 14.7 Å². The summed E-state index contributed by atoms with van der Waals surface area (Å²) in [5.74, 6) is -0.0157. The van der Waals surface area contributed by atoms with Gasteiger partial charge < -0.3 is 15.3 Å². The molecule has 0 aliphatic carbocycles. The van der Waals surface area contributed by atoms with Gasteiger partial charge >= 0.3 is 0 Å². The van der Waals surface area contributed by atoms with Gasteiger partial charge in [-0.25, -0.2) is 0 Å². The van der Waals surface area contributed by atoms with E-state index in [2.05, 4.69) is 41.9 Å². The second kappa shape index (κ2) is 7.92. The zero-order chi connectivity index (χ0) is 18.6. The highest BCUT2D eigenvalue weighted by Crippen LogP contribution is 2.29. The third-order valence-electron chi connectivity index (χ3n) is 4.44. The molecule has 0 atom stereocenters. The number of benzene rings is 1. The summed E-state index contributed by atoms with van der Waals surface area (Å²) in [4.78, 5) is 26.0. The van der Waals surface area contributed by atoms with E-state index in [1.165, 1.54) is 0 Å². The molecule has 0 bridgehead atoms. The fourth-order valence-electron chi connectivity index (χ4n) is 2.85. The minimum atomic E-state index is -1.15. The third-order valence-corrected chi connectivity index (χ3v) is 4.96. The van der Waals surface area contributed by atoms with Crippen LogP contribution in [0.4, 0.5) is 0 Å². The van der Waals surface area contributed by atoms with Crippen LogP contribution in [0, 0.1) is 0 Å². The maximum atomic E-state index is 12.3. The van der Waals surface area contributed by atoms with E-state index in [-0.39, 0.29) is 30.6 Å². The predicted molar refractivity (Wildman–Crippen MR) is 95.0 cm³/mol. The number of aromatic nitrogens is 4. The number of rotatable bonds is 5. The van der Waals surface area contributed by atoms with E-state index in [1.807, 2.05) is 0 Å². The van der Waals surface area contributed by atoms with Crippen LogP contribution in [0.25, 0.3) is 0 Å². The number of aromatic amines is 1. The number of piperidine rings is 1. The van der Waals surface area contributed by atoms with Crippen LogP contribution in [0.1, 0.15) is 35.4 Å². The summed E-state index contributed by atoms with van der Waals surface area (Å²) in [7, 11) is 0.